The van der Waals surface area contributed by atoms with Crippen LogP contribution in [0.25, 0.3) is 16.5 Å². The van der Waals surface area contributed by atoms with E-state index < -0.39 is 11.9 Å². The van der Waals surface area contributed by atoms with Gasteiger partial charge in [-0.2, -0.15) is 0 Å². The summed E-state index contributed by atoms with van der Waals surface area (Å²) in [5.74, 6) is -0.390. The number of nitrogen functional groups attached to an aromatic ring is 1. The molecular formula is C23H20ClN5O2. The van der Waals surface area contributed by atoms with Gasteiger partial charge < -0.3 is 16.8 Å². The van der Waals surface area contributed by atoms with E-state index in [0.29, 0.717) is 27.5 Å². The number of primary amides is 1. The number of amides is 1. The molecule has 0 saturated heterocycles. The predicted molar refractivity (Wildman–Crippen MR) is 124 cm³/mol. The van der Waals surface area contributed by atoms with E-state index in [9.17, 15) is 9.59 Å². The number of aromatic nitrogens is 2. The zero-order chi connectivity index (χ0) is 22.1. The van der Waals surface area contributed by atoms with Crippen molar-refractivity contribution < 1.29 is 4.79 Å². The summed E-state index contributed by atoms with van der Waals surface area (Å²) in [6.07, 6.45) is 1.33. The summed E-state index contributed by atoms with van der Waals surface area (Å²) in [7, 11) is 0. The first-order valence-electron chi connectivity index (χ1n) is 9.58. The van der Waals surface area contributed by atoms with Gasteiger partial charge in [0, 0.05) is 23.6 Å². The van der Waals surface area contributed by atoms with Crippen LogP contribution in [0.15, 0.2) is 71.7 Å². The van der Waals surface area contributed by atoms with Gasteiger partial charge in [-0.15, -0.1) is 0 Å². The zero-order valence-corrected chi connectivity index (χ0v) is 17.4. The van der Waals surface area contributed by atoms with Crippen LogP contribution in [0.1, 0.15) is 29.0 Å². The molecule has 7 nitrogen and oxygen atoms in total. The molecule has 0 radical (unpaired) electrons. The van der Waals surface area contributed by atoms with Crippen LogP contribution in [0.3, 0.4) is 0 Å². The molecule has 2 heterocycles. The third kappa shape index (κ3) is 3.83. The van der Waals surface area contributed by atoms with Crippen LogP contribution in [0, 0.1) is 0 Å². The van der Waals surface area contributed by atoms with Crippen molar-refractivity contribution in [1.29, 1.82) is 0 Å². The first-order valence-corrected chi connectivity index (χ1v) is 9.96. The third-order valence-corrected chi connectivity index (χ3v) is 5.36. The van der Waals surface area contributed by atoms with E-state index in [1.165, 1.54) is 6.20 Å². The lowest BCUT2D eigenvalue weighted by atomic mass is 10.1. The van der Waals surface area contributed by atoms with Gasteiger partial charge in [0.1, 0.15) is 5.82 Å². The van der Waals surface area contributed by atoms with Gasteiger partial charge in [-0.05, 0) is 36.6 Å². The number of fused-ring (bicyclic) bond motifs is 1. The van der Waals surface area contributed by atoms with Gasteiger partial charge in [-0.1, -0.05) is 41.9 Å². The summed E-state index contributed by atoms with van der Waals surface area (Å²) in [4.78, 5) is 29.3. The van der Waals surface area contributed by atoms with Crippen LogP contribution >= 0.6 is 11.6 Å². The maximum atomic E-state index is 13.5. The minimum Gasteiger partial charge on any atom is -0.384 e. The highest BCUT2D eigenvalue weighted by Gasteiger charge is 2.19. The van der Waals surface area contributed by atoms with Crippen LogP contribution in [-0.4, -0.2) is 15.5 Å². The van der Waals surface area contributed by atoms with Crippen LogP contribution in [-0.2, 0) is 0 Å². The Hall–Kier alpha value is -3.84. The van der Waals surface area contributed by atoms with Crippen molar-refractivity contribution in [2.75, 3.05) is 11.1 Å². The fourth-order valence-corrected chi connectivity index (χ4v) is 3.86. The van der Waals surface area contributed by atoms with Gasteiger partial charge in [0.15, 0.2) is 0 Å². The number of pyridine rings is 2. The number of nitrogens with two attached hydrogens (primary N) is 2. The number of rotatable bonds is 5. The Morgan fingerprint density at radius 3 is 2.58 bits per heavy atom. The summed E-state index contributed by atoms with van der Waals surface area (Å²) in [6, 6.07) is 17.7. The molecule has 0 aliphatic carbocycles. The molecule has 156 valence electrons. The highest BCUT2D eigenvalue weighted by molar-refractivity contribution is 6.35. The number of nitrogens with one attached hydrogen (secondary N) is 1. The van der Waals surface area contributed by atoms with Gasteiger partial charge >= 0.3 is 0 Å². The molecule has 0 bridgehead atoms. The van der Waals surface area contributed by atoms with Crippen LogP contribution in [0.2, 0.25) is 5.02 Å². The van der Waals surface area contributed by atoms with Gasteiger partial charge in [-0.3, -0.25) is 14.2 Å². The highest BCUT2D eigenvalue weighted by Crippen LogP contribution is 2.28. The molecule has 0 spiro atoms. The normalized spacial score (nSPS) is 11.9. The van der Waals surface area contributed by atoms with Crippen LogP contribution in [0.5, 0.6) is 0 Å². The summed E-state index contributed by atoms with van der Waals surface area (Å²) < 4.78 is 1.61. The number of halogens is 1. The molecule has 1 unspecified atom stereocenters. The Kier molecular flexibility index (Phi) is 5.35. The van der Waals surface area contributed by atoms with E-state index >= 15 is 0 Å². The SMILES string of the molecule is CC(Nc1cc(N)ncc1C(N)=O)c1cc2cccc(Cl)c2c(=O)n1-c1ccccc1. The highest BCUT2D eigenvalue weighted by atomic mass is 35.5. The molecule has 0 saturated carbocycles. The number of carbonyl (C=O) groups is 1. The molecule has 4 aromatic rings. The molecule has 2 aromatic heterocycles. The topological polar surface area (TPSA) is 116 Å². The molecule has 8 heteroatoms. The molecule has 1 atom stereocenters. The lowest BCUT2D eigenvalue weighted by molar-refractivity contribution is 0.100. The summed E-state index contributed by atoms with van der Waals surface area (Å²) in [5, 5.41) is 4.80. The van der Waals surface area contributed by atoms with Crippen molar-refractivity contribution in [2.45, 2.75) is 13.0 Å². The number of benzene rings is 2. The molecule has 5 N–H and O–H groups in total. The standard InChI is InChI=1S/C23H20ClN5O2/c1-13(28-18-11-20(25)27-12-16(18)22(26)30)19-10-14-6-5-9-17(24)21(14)23(31)29(19)15-7-3-2-4-8-15/h2-13H,1H3,(H2,26,30)(H3,25,27,28). The maximum Gasteiger partial charge on any atom is 0.264 e. The Morgan fingerprint density at radius 1 is 1.13 bits per heavy atom. The number of hydrogen-bond donors (Lipinski definition) is 3. The number of nitrogens with zero attached hydrogens (tertiary/aromatic N) is 2. The van der Waals surface area contributed by atoms with E-state index in [1.807, 2.05) is 49.4 Å². The fraction of sp³-hybridized carbons (Fsp3) is 0.0870. The van der Waals surface area contributed by atoms with E-state index in [1.54, 1.807) is 22.8 Å². The molecule has 0 fully saturated rings. The molecule has 2 aromatic carbocycles. The fourth-order valence-electron chi connectivity index (χ4n) is 3.60. The smallest absolute Gasteiger partial charge is 0.264 e. The summed E-state index contributed by atoms with van der Waals surface area (Å²) in [6.45, 7) is 1.88. The maximum absolute atomic E-state index is 13.5. The summed E-state index contributed by atoms with van der Waals surface area (Å²) in [5.41, 5.74) is 13.1. The third-order valence-electron chi connectivity index (χ3n) is 5.05. The molecule has 0 aliphatic rings. The number of anilines is 2. The van der Waals surface area contributed by atoms with Crippen LogP contribution in [0.4, 0.5) is 11.5 Å². The van der Waals surface area contributed by atoms with Crippen molar-refractivity contribution in [1.82, 2.24) is 9.55 Å². The number of hydrogen-bond acceptors (Lipinski definition) is 5. The Morgan fingerprint density at radius 2 is 1.87 bits per heavy atom. The van der Waals surface area contributed by atoms with Crippen molar-refractivity contribution >= 4 is 39.8 Å². The average molecular weight is 434 g/mol. The Bertz CT molecular complexity index is 1350. The minimum absolute atomic E-state index is 0.207. The van der Waals surface area contributed by atoms with Gasteiger partial charge in [0.2, 0.25) is 0 Å². The van der Waals surface area contributed by atoms with Crippen molar-refractivity contribution in [3.8, 4) is 5.69 Å². The number of carbonyl (C=O) groups excluding carboxylic acids is 1. The van der Waals surface area contributed by atoms with Gasteiger partial charge in [0.25, 0.3) is 11.5 Å². The molecule has 1 amide bonds. The van der Waals surface area contributed by atoms with E-state index in [4.69, 9.17) is 23.1 Å². The second kappa shape index (κ2) is 8.12. The van der Waals surface area contributed by atoms with E-state index in [-0.39, 0.29) is 16.9 Å². The molecule has 4 rings (SSSR count). The lowest BCUT2D eigenvalue weighted by Crippen LogP contribution is -2.26. The summed E-state index contributed by atoms with van der Waals surface area (Å²) >= 11 is 6.36. The first-order chi connectivity index (χ1) is 14.9. The largest absolute Gasteiger partial charge is 0.384 e. The monoisotopic (exact) mass is 433 g/mol. The number of para-hydroxylation sites is 1. The van der Waals surface area contributed by atoms with Crippen molar-refractivity contribution in [3.05, 3.63) is 93.5 Å². The molecular weight excluding hydrogens is 414 g/mol. The van der Waals surface area contributed by atoms with Gasteiger partial charge in [-0.25, -0.2) is 4.98 Å². The van der Waals surface area contributed by atoms with Gasteiger partial charge in [0.05, 0.1) is 27.7 Å². The predicted octanol–water partition coefficient (Wildman–Crippen LogP) is 3.89. The lowest BCUT2D eigenvalue weighted by Gasteiger charge is -2.23. The Balaban J connectivity index is 1.92. The van der Waals surface area contributed by atoms with Crippen molar-refractivity contribution in [3.63, 3.8) is 0 Å². The minimum atomic E-state index is -0.632. The van der Waals surface area contributed by atoms with Crippen LogP contribution < -0.4 is 22.3 Å². The van der Waals surface area contributed by atoms with E-state index in [2.05, 4.69) is 10.3 Å². The quantitative estimate of drug-likeness (QED) is 0.441. The zero-order valence-electron chi connectivity index (χ0n) is 16.7. The average Bonchev–Trinajstić information content (AvgIpc) is 2.74. The second-order valence-electron chi connectivity index (χ2n) is 7.13. The van der Waals surface area contributed by atoms with Crippen molar-refractivity contribution in [2.24, 2.45) is 5.73 Å². The Labute approximate surface area is 183 Å². The molecule has 31 heavy (non-hydrogen) atoms. The second-order valence-corrected chi connectivity index (χ2v) is 7.54. The first kappa shape index (κ1) is 20.4. The van der Waals surface area contributed by atoms with E-state index in [0.717, 1.165) is 5.39 Å². The molecule has 0 aliphatic heterocycles.